The molecule has 0 saturated heterocycles. The van der Waals surface area contributed by atoms with Gasteiger partial charge in [0.25, 0.3) is 0 Å². The molecule has 14 heavy (non-hydrogen) atoms. The minimum absolute atomic E-state index is 0.846. The van der Waals surface area contributed by atoms with Gasteiger partial charge in [-0.25, -0.2) is 0 Å². The largest absolute Gasteiger partial charge is 0.480 e. The Morgan fingerprint density at radius 2 is 1.71 bits per heavy atom. The molecule has 0 aromatic carbocycles. The van der Waals surface area contributed by atoms with Crippen molar-refractivity contribution in [1.29, 1.82) is 0 Å². The lowest BCUT2D eigenvalue weighted by Crippen LogP contribution is -2.42. The molecule has 0 saturated carbocycles. The Morgan fingerprint density at radius 1 is 1.29 bits per heavy atom. The van der Waals surface area contributed by atoms with Crippen molar-refractivity contribution in [2.75, 3.05) is 0 Å². The van der Waals surface area contributed by atoms with Crippen LogP contribution in [-0.2, 0) is 9.59 Å². The van der Waals surface area contributed by atoms with Crippen LogP contribution in [0.4, 0.5) is 13.2 Å². The number of carboxylic acid groups (broad SMARTS) is 1. The average Bonchev–Trinajstić information content (AvgIpc) is 1.97. The summed E-state index contributed by atoms with van der Waals surface area (Å²) in [6, 6.07) is 0. The molecule has 0 spiro atoms. The Labute approximate surface area is 77.9 Å². The van der Waals surface area contributed by atoms with Crippen LogP contribution < -0.4 is 5.73 Å². The first-order valence-corrected chi connectivity index (χ1v) is 3.69. The van der Waals surface area contributed by atoms with Crippen LogP contribution in [0.25, 0.3) is 0 Å². The molecule has 0 aromatic heterocycles. The fourth-order valence-corrected chi connectivity index (χ4v) is 0.727. The highest BCUT2D eigenvalue weighted by molar-refractivity contribution is 6.00. The normalized spacial score (nSPS) is 16.0. The second kappa shape index (κ2) is 3.85. The maximum atomic E-state index is 11.8. The summed E-state index contributed by atoms with van der Waals surface area (Å²) in [4.78, 5) is 21.2. The number of hydrogen-bond donors (Lipinski definition) is 2. The van der Waals surface area contributed by atoms with E-state index in [0.717, 1.165) is 6.92 Å². The van der Waals surface area contributed by atoms with Gasteiger partial charge in [0.15, 0.2) is 0 Å². The lowest BCUT2D eigenvalue weighted by molar-refractivity contribution is -0.161. The number of carboxylic acids is 1. The summed E-state index contributed by atoms with van der Waals surface area (Å²) in [7, 11) is 0. The zero-order valence-corrected chi connectivity index (χ0v) is 7.39. The Hall–Kier alpha value is -1.27. The maximum Gasteiger partial charge on any atom is 0.389 e. The van der Waals surface area contributed by atoms with Crippen molar-refractivity contribution in [3.05, 3.63) is 0 Å². The smallest absolute Gasteiger partial charge is 0.389 e. The van der Waals surface area contributed by atoms with Crippen molar-refractivity contribution < 1.29 is 27.9 Å². The summed E-state index contributed by atoms with van der Waals surface area (Å²) >= 11 is 0. The number of amides is 1. The molecule has 0 aliphatic carbocycles. The topological polar surface area (TPSA) is 80.4 Å². The summed E-state index contributed by atoms with van der Waals surface area (Å²) in [5.41, 5.74) is 2.56. The second-order valence-corrected chi connectivity index (χ2v) is 3.12. The van der Waals surface area contributed by atoms with E-state index >= 15 is 0 Å². The SMILES string of the molecule is CC(CCC(F)(F)F)(C(N)=O)C(=O)O. The van der Waals surface area contributed by atoms with Gasteiger partial charge in [0.05, 0.1) is 0 Å². The minimum atomic E-state index is -4.49. The third-order valence-electron chi connectivity index (χ3n) is 1.92. The summed E-state index contributed by atoms with van der Waals surface area (Å²) in [5, 5.41) is 8.53. The Bertz CT molecular complexity index is 235. The molecule has 0 aliphatic heterocycles. The highest BCUT2D eigenvalue weighted by Gasteiger charge is 2.42. The molecule has 0 radical (unpaired) electrons. The Balaban J connectivity index is 4.56. The molecule has 4 nitrogen and oxygen atoms in total. The number of carbonyl (C=O) groups excluding carboxylic acids is 1. The van der Waals surface area contributed by atoms with E-state index in [1.807, 2.05) is 0 Å². The molecule has 1 amide bonds. The zero-order chi connectivity index (χ0) is 11.6. The van der Waals surface area contributed by atoms with Crippen molar-refractivity contribution in [2.24, 2.45) is 11.1 Å². The van der Waals surface area contributed by atoms with Crippen LogP contribution in [0.2, 0.25) is 0 Å². The molecule has 0 rings (SSSR count). The lowest BCUT2D eigenvalue weighted by Gasteiger charge is -2.21. The van der Waals surface area contributed by atoms with Crippen LogP contribution in [0.5, 0.6) is 0 Å². The van der Waals surface area contributed by atoms with Gasteiger partial charge in [0.2, 0.25) is 5.91 Å². The number of hydrogen-bond acceptors (Lipinski definition) is 2. The van der Waals surface area contributed by atoms with Crippen LogP contribution in [0.15, 0.2) is 0 Å². The molecule has 1 unspecified atom stereocenters. The predicted molar refractivity (Wildman–Crippen MR) is 40.2 cm³/mol. The van der Waals surface area contributed by atoms with Crippen LogP contribution in [0, 0.1) is 5.41 Å². The van der Waals surface area contributed by atoms with E-state index < -0.39 is 36.3 Å². The summed E-state index contributed by atoms with van der Waals surface area (Å²) in [6.07, 6.45) is -6.69. The van der Waals surface area contributed by atoms with E-state index in [1.165, 1.54) is 0 Å². The van der Waals surface area contributed by atoms with Gasteiger partial charge in [-0.15, -0.1) is 0 Å². The summed E-state index contributed by atoms with van der Waals surface area (Å²) in [6.45, 7) is 0.878. The van der Waals surface area contributed by atoms with Gasteiger partial charge < -0.3 is 10.8 Å². The van der Waals surface area contributed by atoms with Gasteiger partial charge in [0.1, 0.15) is 5.41 Å². The Kier molecular flexibility index (Phi) is 3.50. The third-order valence-corrected chi connectivity index (χ3v) is 1.92. The molecule has 3 N–H and O–H groups in total. The highest BCUT2D eigenvalue weighted by atomic mass is 19.4. The fraction of sp³-hybridized carbons (Fsp3) is 0.714. The fourth-order valence-electron chi connectivity index (χ4n) is 0.727. The number of alkyl halides is 3. The van der Waals surface area contributed by atoms with Crippen LogP contribution in [0.1, 0.15) is 19.8 Å². The summed E-state index contributed by atoms with van der Waals surface area (Å²) < 4.78 is 35.3. The van der Waals surface area contributed by atoms with E-state index in [-0.39, 0.29) is 0 Å². The van der Waals surface area contributed by atoms with E-state index in [4.69, 9.17) is 10.8 Å². The number of nitrogens with two attached hydrogens (primary N) is 1. The molecule has 0 bridgehead atoms. The average molecular weight is 213 g/mol. The van der Waals surface area contributed by atoms with E-state index in [9.17, 15) is 22.8 Å². The number of halogens is 3. The lowest BCUT2D eigenvalue weighted by atomic mass is 9.84. The standard InChI is InChI=1S/C7H10F3NO3/c1-6(4(11)12,5(13)14)2-3-7(8,9)10/h2-3H2,1H3,(H2,11,12)(H,13,14). The number of carbonyl (C=O) groups is 2. The molecule has 1 atom stereocenters. The van der Waals surface area contributed by atoms with Crippen LogP contribution in [0.3, 0.4) is 0 Å². The first-order chi connectivity index (χ1) is 6.09. The molecule has 0 aliphatic rings. The second-order valence-electron chi connectivity index (χ2n) is 3.12. The van der Waals surface area contributed by atoms with E-state index in [0.29, 0.717) is 0 Å². The van der Waals surface area contributed by atoms with Crippen molar-refractivity contribution in [2.45, 2.75) is 25.9 Å². The van der Waals surface area contributed by atoms with Gasteiger partial charge in [-0.1, -0.05) is 0 Å². The minimum Gasteiger partial charge on any atom is -0.480 e. The van der Waals surface area contributed by atoms with Crippen molar-refractivity contribution >= 4 is 11.9 Å². The molecule has 0 aromatic rings. The van der Waals surface area contributed by atoms with Crippen molar-refractivity contribution in [3.63, 3.8) is 0 Å². The van der Waals surface area contributed by atoms with Gasteiger partial charge in [-0.05, 0) is 13.3 Å². The maximum absolute atomic E-state index is 11.8. The first-order valence-electron chi connectivity index (χ1n) is 3.69. The highest BCUT2D eigenvalue weighted by Crippen LogP contribution is 2.30. The molecule has 7 heteroatoms. The third kappa shape index (κ3) is 3.23. The predicted octanol–water partition coefficient (Wildman–Crippen LogP) is 0.905. The van der Waals surface area contributed by atoms with Gasteiger partial charge in [-0.2, -0.15) is 13.2 Å². The Morgan fingerprint density at radius 3 is 1.93 bits per heavy atom. The first kappa shape index (κ1) is 12.7. The molecule has 0 heterocycles. The van der Waals surface area contributed by atoms with Crippen LogP contribution >= 0.6 is 0 Å². The quantitative estimate of drug-likeness (QED) is 0.681. The molecular formula is C7H10F3NO3. The molecular weight excluding hydrogens is 203 g/mol. The molecule has 0 fully saturated rings. The summed E-state index contributed by atoms with van der Waals surface area (Å²) in [5.74, 6) is -2.91. The van der Waals surface area contributed by atoms with Gasteiger partial charge in [0, 0.05) is 6.42 Å². The van der Waals surface area contributed by atoms with Crippen molar-refractivity contribution in [1.82, 2.24) is 0 Å². The van der Waals surface area contributed by atoms with E-state index in [2.05, 4.69) is 0 Å². The van der Waals surface area contributed by atoms with E-state index in [1.54, 1.807) is 0 Å². The molecule has 82 valence electrons. The number of aliphatic carboxylic acids is 1. The number of rotatable bonds is 4. The monoisotopic (exact) mass is 213 g/mol. The zero-order valence-electron chi connectivity index (χ0n) is 7.39. The van der Waals surface area contributed by atoms with Gasteiger partial charge in [-0.3, -0.25) is 9.59 Å². The van der Waals surface area contributed by atoms with Crippen LogP contribution in [-0.4, -0.2) is 23.2 Å². The number of primary amides is 1. The van der Waals surface area contributed by atoms with Gasteiger partial charge >= 0.3 is 12.1 Å². The van der Waals surface area contributed by atoms with Crippen molar-refractivity contribution in [3.8, 4) is 0 Å².